The molecule has 6 amide bonds. The second-order valence-corrected chi connectivity index (χ2v) is 9.92. The zero-order valence-corrected chi connectivity index (χ0v) is 25.2. The van der Waals surface area contributed by atoms with E-state index in [4.69, 9.17) is 23.2 Å². The quantitative estimate of drug-likeness (QED) is 0.0481. The van der Waals surface area contributed by atoms with Crippen molar-refractivity contribution in [1.29, 1.82) is 0 Å². The number of halogens is 2. The van der Waals surface area contributed by atoms with Crippen LogP contribution < -0.4 is 31.9 Å². The third-order valence-corrected chi connectivity index (χ3v) is 6.23. The molecule has 0 heterocycles. The first-order valence-corrected chi connectivity index (χ1v) is 15.0. The number of benzene rings is 1. The maximum atomic E-state index is 12.4. The zero-order valence-electron chi connectivity index (χ0n) is 23.7. The fourth-order valence-corrected chi connectivity index (χ4v) is 3.77. The number of nitrogens with zero attached hydrogens (tertiary/aromatic N) is 2. The molecular weight excluding hydrogens is 591 g/mol. The summed E-state index contributed by atoms with van der Waals surface area (Å²) in [5, 5.41) is 27.1. The highest BCUT2D eigenvalue weighted by atomic mass is 35.5. The Labute approximate surface area is 256 Å². The molecule has 0 fully saturated rings. The summed E-state index contributed by atoms with van der Waals surface area (Å²) in [4.78, 5) is 60.2. The number of carbonyl (C=O) groups excluding carboxylic acids is 4. The number of hydrogen-bond donors (Lipinski definition) is 6. The molecule has 0 saturated carbocycles. The lowest BCUT2D eigenvalue weighted by Gasteiger charge is -2.22. The smallest absolute Gasteiger partial charge is 0.314 e. The molecule has 0 aromatic heterocycles. The number of alkyl halides is 2. The molecule has 6 N–H and O–H groups in total. The summed E-state index contributed by atoms with van der Waals surface area (Å²) in [6, 6.07) is 5.68. The minimum Gasteiger partial charge on any atom is -0.356 e. The first-order valence-electron chi connectivity index (χ1n) is 13.9. The predicted molar refractivity (Wildman–Crippen MR) is 162 cm³/mol. The summed E-state index contributed by atoms with van der Waals surface area (Å²) in [7, 11) is 0. The molecule has 0 spiro atoms. The largest absolute Gasteiger partial charge is 0.356 e. The molecule has 0 unspecified atom stereocenters. The van der Waals surface area contributed by atoms with E-state index in [1.54, 1.807) is 12.1 Å². The maximum absolute atomic E-state index is 12.4. The van der Waals surface area contributed by atoms with Crippen molar-refractivity contribution in [2.24, 2.45) is 0 Å². The van der Waals surface area contributed by atoms with E-state index >= 15 is 0 Å². The molecule has 0 aliphatic rings. The molecule has 1 aromatic rings. The van der Waals surface area contributed by atoms with Gasteiger partial charge in [0.25, 0.3) is 5.69 Å². The highest BCUT2D eigenvalue weighted by Gasteiger charge is 2.12. The van der Waals surface area contributed by atoms with Crippen LogP contribution in [-0.2, 0) is 16.0 Å². The van der Waals surface area contributed by atoms with Crippen LogP contribution in [0.3, 0.4) is 0 Å². The third-order valence-electron chi connectivity index (χ3n) is 5.86. The molecule has 0 bridgehead atoms. The van der Waals surface area contributed by atoms with Crippen LogP contribution in [0.15, 0.2) is 24.3 Å². The lowest BCUT2D eigenvalue weighted by Crippen LogP contribution is -2.39. The first-order chi connectivity index (χ1) is 20.2. The van der Waals surface area contributed by atoms with Crippen LogP contribution in [0.1, 0.15) is 31.2 Å². The summed E-state index contributed by atoms with van der Waals surface area (Å²) in [6.45, 7) is 3.77. The van der Waals surface area contributed by atoms with Gasteiger partial charge in [-0.1, -0.05) is 12.1 Å². The summed E-state index contributed by atoms with van der Waals surface area (Å²) >= 11 is 11.0. The Kier molecular flexibility index (Phi) is 20.3. The normalized spacial score (nSPS) is 10.5. The number of non-ortho nitro benzene ring substituents is 1. The van der Waals surface area contributed by atoms with E-state index in [2.05, 4.69) is 31.9 Å². The fourth-order valence-electron chi connectivity index (χ4n) is 3.59. The number of rotatable bonds is 22. The topological polar surface area (TPSA) is 187 Å². The van der Waals surface area contributed by atoms with E-state index in [0.717, 1.165) is 5.56 Å². The van der Waals surface area contributed by atoms with Crippen molar-refractivity contribution >= 4 is 52.8 Å². The van der Waals surface area contributed by atoms with Crippen molar-refractivity contribution in [2.45, 2.75) is 32.1 Å². The number of urea groups is 2. The molecule has 16 heteroatoms. The van der Waals surface area contributed by atoms with E-state index in [-0.39, 0.29) is 42.4 Å². The van der Waals surface area contributed by atoms with Crippen molar-refractivity contribution < 1.29 is 24.1 Å². The van der Waals surface area contributed by atoms with Crippen LogP contribution in [0.25, 0.3) is 0 Å². The van der Waals surface area contributed by atoms with Crippen LogP contribution >= 0.6 is 23.2 Å². The Morgan fingerprint density at radius 2 is 1.10 bits per heavy atom. The Bertz CT molecular complexity index is 925. The number of hydrogen-bond acceptors (Lipinski definition) is 7. The maximum Gasteiger partial charge on any atom is 0.314 e. The highest BCUT2D eigenvalue weighted by molar-refractivity contribution is 6.18. The summed E-state index contributed by atoms with van der Waals surface area (Å²) in [5.74, 6) is 0.366. The molecule has 14 nitrogen and oxygen atoms in total. The van der Waals surface area contributed by atoms with Gasteiger partial charge in [0.1, 0.15) is 0 Å². The van der Waals surface area contributed by atoms with Crippen molar-refractivity contribution in [2.75, 3.05) is 70.7 Å². The molecule has 0 saturated heterocycles. The summed E-state index contributed by atoms with van der Waals surface area (Å²) < 4.78 is 0. The predicted octanol–water partition coefficient (Wildman–Crippen LogP) is 1.31. The Morgan fingerprint density at radius 1 is 0.667 bits per heavy atom. The molecule has 0 aliphatic carbocycles. The van der Waals surface area contributed by atoms with Gasteiger partial charge in [-0.25, -0.2) is 9.59 Å². The van der Waals surface area contributed by atoms with Gasteiger partial charge >= 0.3 is 12.1 Å². The average Bonchev–Trinajstić information content (AvgIpc) is 2.98. The van der Waals surface area contributed by atoms with E-state index in [9.17, 15) is 29.3 Å². The number of nitro benzene ring substituents is 1. The summed E-state index contributed by atoms with van der Waals surface area (Å²) in [5.41, 5.74) is 0.922. The van der Waals surface area contributed by atoms with Crippen molar-refractivity contribution in [3.8, 4) is 0 Å². The monoisotopic (exact) mass is 632 g/mol. The fraction of sp³-hybridized carbons (Fsp3) is 0.615. The van der Waals surface area contributed by atoms with Gasteiger partial charge in [-0.15, -0.1) is 23.2 Å². The van der Waals surface area contributed by atoms with Crippen LogP contribution in [0.5, 0.6) is 0 Å². The Hall–Kier alpha value is -3.36. The molecule has 1 aromatic carbocycles. The van der Waals surface area contributed by atoms with Gasteiger partial charge in [0.2, 0.25) is 11.8 Å². The molecule has 236 valence electrons. The summed E-state index contributed by atoms with van der Waals surface area (Å²) in [6.07, 6.45) is 2.18. The highest BCUT2D eigenvalue weighted by Crippen LogP contribution is 2.12. The van der Waals surface area contributed by atoms with Gasteiger partial charge in [0, 0.05) is 95.6 Å². The van der Waals surface area contributed by atoms with Crippen molar-refractivity contribution in [3.63, 3.8) is 0 Å². The van der Waals surface area contributed by atoms with E-state index in [1.807, 2.05) is 4.90 Å². The molecule has 1 rings (SSSR count). The third kappa shape index (κ3) is 18.9. The number of nitro groups is 1. The van der Waals surface area contributed by atoms with E-state index < -0.39 is 4.92 Å². The average molecular weight is 634 g/mol. The molecule has 42 heavy (non-hydrogen) atoms. The van der Waals surface area contributed by atoms with Gasteiger partial charge in [0.15, 0.2) is 0 Å². The van der Waals surface area contributed by atoms with Gasteiger partial charge < -0.3 is 36.8 Å². The lowest BCUT2D eigenvalue weighted by molar-refractivity contribution is -0.384. The molecule has 0 radical (unpaired) electrons. The van der Waals surface area contributed by atoms with Crippen LogP contribution in [0.2, 0.25) is 0 Å². The van der Waals surface area contributed by atoms with Crippen molar-refractivity contribution in [1.82, 2.24) is 36.8 Å². The molecule has 0 aliphatic heterocycles. The van der Waals surface area contributed by atoms with Crippen molar-refractivity contribution in [3.05, 3.63) is 39.9 Å². The Balaban J connectivity index is 2.45. The first kappa shape index (κ1) is 36.7. The van der Waals surface area contributed by atoms with Gasteiger partial charge in [-0.2, -0.15) is 0 Å². The van der Waals surface area contributed by atoms with Gasteiger partial charge in [-0.3, -0.25) is 19.7 Å². The zero-order chi connectivity index (χ0) is 31.0. The Morgan fingerprint density at radius 3 is 1.52 bits per heavy atom. The number of carbonyl (C=O) groups is 4. The standard InChI is InChI=1S/C26H42Cl2N8O6/c27-10-16-33-25(39)31-14-1-12-29-23(37)8-19-35(18-7-21-3-5-22(6-4-21)36(41)42)20-9-24(38)30-13-2-15-32-26(40)34-17-11-28/h3-6H,1-2,7-20H2,(H,29,37)(H,30,38)(H2,31,33,39)(H2,32,34,40). The molecular formula is C26H42Cl2N8O6. The number of amides is 6. The SMILES string of the molecule is O=C(CCN(CCC(=O)NCCCNC(=O)NCCCl)CCc1ccc([N+](=O)[O-])cc1)NCCCNC(=O)NCCCl. The van der Waals surface area contributed by atoms with E-state index in [1.165, 1.54) is 12.1 Å². The van der Waals surface area contributed by atoms with Crippen LogP contribution in [-0.4, -0.2) is 104 Å². The van der Waals surface area contributed by atoms with E-state index in [0.29, 0.717) is 89.9 Å². The van der Waals surface area contributed by atoms with Crippen LogP contribution in [0.4, 0.5) is 15.3 Å². The second kappa shape index (κ2) is 23.2. The minimum absolute atomic E-state index is 0.0149. The molecule has 0 atom stereocenters. The minimum atomic E-state index is -0.452. The number of nitrogens with one attached hydrogen (secondary N) is 6. The lowest BCUT2D eigenvalue weighted by atomic mass is 10.1. The van der Waals surface area contributed by atoms with Crippen LogP contribution in [0, 0.1) is 10.1 Å². The van der Waals surface area contributed by atoms with Gasteiger partial charge in [0.05, 0.1) is 4.92 Å². The second-order valence-electron chi connectivity index (χ2n) is 9.17. The van der Waals surface area contributed by atoms with Gasteiger partial charge in [-0.05, 0) is 24.8 Å².